The Labute approximate surface area is 158 Å². The molecule has 9 nitrogen and oxygen atoms in total. The van der Waals surface area contributed by atoms with Crippen molar-refractivity contribution in [2.45, 2.75) is 12.2 Å². The molecule has 0 saturated carbocycles. The van der Waals surface area contributed by atoms with Gasteiger partial charge in [0.05, 0.1) is 6.07 Å². The van der Waals surface area contributed by atoms with Gasteiger partial charge in [-0.25, -0.2) is 9.59 Å². The number of carbonyl (C=O) groups is 3. The van der Waals surface area contributed by atoms with Crippen molar-refractivity contribution in [3.8, 4) is 6.07 Å². The van der Waals surface area contributed by atoms with Gasteiger partial charge < -0.3 is 5.32 Å². The van der Waals surface area contributed by atoms with E-state index in [1.165, 1.54) is 28.0 Å². The zero-order valence-corrected chi connectivity index (χ0v) is 15.3. The predicted molar refractivity (Wildman–Crippen MR) is 99.0 cm³/mol. The summed E-state index contributed by atoms with van der Waals surface area (Å²) in [5, 5.41) is 11.7. The van der Waals surface area contributed by atoms with Crippen molar-refractivity contribution in [2.75, 3.05) is 39.3 Å². The number of urea groups is 2. The fourth-order valence-corrected chi connectivity index (χ4v) is 3.51. The molecule has 2 rings (SSSR count). The van der Waals surface area contributed by atoms with E-state index in [0.29, 0.717) is 6.54 Å². The van der Waals surface area contributed by atoms with E-state index in [0.717, 1.165) is 4.90 Å². The van der Waals surface area contributed by atoms with Gasteiger partial charge in [0.1, 0.15) is 0 Å². The molecular formula is C18H24N6O3. The normalized spacial score (nSPS) is 22.3. The van der Waals surface area contributed by atoms with Gasteiger partial charge in [-0.05, 0) is 0 Å². The first-order valence-electron chi connectivity index (χ1n) is 8.64. The van der Waals surface area contributed by atoms with Gasteiger partial charge in [0.25, 0.3) is 11.7 Å². The van der Waals surface area contributed by atoms with E-state index >= 15 is 0 Å². The van der Waals surface area contributed by atoms with Crippen molar-refractivity contribution in [3.63, 3.8) is 0 Å². The average Bonchev–Trinajstić information content (AvgIpc) is 3.13. The Hall–Kier alpha value is -3.12. The fraction of sp³-hybridized carbons (Fsp3) is 0.444. The SMILES string of the molecule is C=CCNC(=O)N1CCN(CCC#N)C12C(=O)N(CC=C)C(=O)N2CC=C. The molecule has 2 aliphatic rings. The van der Waals surface area contributed by atoms with Gasteiger partial charge in [-0.1, -0.05) is 18.2 Å². The maximum Gasteiger partial charge on any atom is 0.330 e. The van der Waals surface area contributed by atoms with Crippen LogP contribution in [0.3, 0.4) is 0 Å². The highest BCUT2D eigenvalue weighted by Gasteiger charge is 2.67. The molecule has 0 aromatic heterocycles. The molecule has 1 N–H and O–H groups in total. The lowest BCUT2D eigenvalue weighted by Crippen LogP contribution is -2.69. The largest absolute Gasteiger partial charge is 0.334 e. The number of imide groups is 1. The summed E-state index contributed by atoms with van der Waals surface area (Å²) in [7, 11) is 0. The molecule has 0 aliphatic carbocycles. The Bertz CT molecular complexity index is 700. The summed E-state index contributed by atoms with van der Waals surface area (Å²) in [5.74, 6) is -2.14. The van der Waals surface area contributed by atoms with Crippen molar-refractivity contribution >= 4 is 18.0 Å². The zero-order valence-electron chi connectivity index (χ0n) is 15.3. The lowest BCUT2D eigenvalue weighted by molar-refractivity contribution is -0.150. The summed E-state index contributed by atoms with van der Waals surface area (Å²) in [6.07, 6.45) is 4.65. The van der Waals surface area contributed by atoms with Crippen LogP contribution in [0, 0.1) is 11.3 Å². The molecule has 0 bridgehead atoms. The van der Waals surface area contributed by atoms with Crippen LogP contribution in [-0.2, 0) is 4.79 Å². The molecule has 27 heavy (non-hydrogen) atoms. The molecule has 144 valence electrons. The van der Waals surface area contributed by atoms with Gasteiger partial charge in [0.15, 0.2) is 0 Å². The third-order valence-electron chi connectivity index (χ3n) is 4.54. The minimum atomic E-state index is -1.61. The Morgan fingerprint density at radius 2 is 1.89 bits per heavy atom. The van der Waals surface area contributed by atoms with Crippen molar-refractivity contribution in [2.24, 2.45) is 0 Å². The quantitative estimate of drug-likeness (QED) is 0.499. The van der Waals surface area contributed by atoms with E-state index in [9.17, 15) is 14.4 Å². The second-order valence-electron chi connectivity index (χ2n) is 6.04. The molecule has 9 heteroatoms. The van der Waals surface area contributed by atoms with E-state index < -0.39 is 23.8 Å². The van der Waals surface area contributed by atoms with Crippen molar-refractivity contribution in [1.29, 1.82) is 5.26 Å². The molecule has 1 atom stereocenters. The summed E-state index contributed by atoms with van der Waals surface area (Å²) >= 11 is 0. The maximum absolute atomic E-state index is 13.4. The van der Waals surface area contributed by atoms with E-state index in [2.05, 4.69) is 25.1 Å². The zero-order chi connectivity index (χ0) is 20.0. The summed E-state index contributed by atoms with van der Waals surface area (Å²) in [6.45, 7) is 12.0. The molecule has 0 aromatic rings. The number of rotatable bonds is 8. The van der Waals surface area contributed by atoms with E-state index in [4.69, 9.17) is 5.26 Å². The highest BCUT2D eigenvalue weighted by molar-refractivity contribution is 6.08. The van der Waals surface area contributed by atoms with Crippen LogP contribution in [0.5, 0.6) is 0 Å². The first-order chi connectivity index (χ1) is 13.0. The number of hydrogen-bond acceptors (Lipinski definition) is 5. The number of hydrogen-bond donors (Lipinski definition) is 1. The second kappa shape index (κ2) is 8.51. The lowest BCUT2D eigenvalue weighted by Gasteiger charge is -2.43. The number of nitriles is 1. The van der Waals surface area contributed by atoms with Gasteiger partial charge in [-0.3, -0.25) is 24.4 Å². The Kier molecular flexibility index (Phi) is 6.36. The number of nitrogens with zero attached hydrogens (tertiary/aromatic N) is 5. The first-order valence-corrected chi connectivity index (χ1v) is 8.64. The molecule has 2 heterocycles. The molecule has 5 amide bonds. The van der Waals surface area contributed by atoms with Crippen LogP contribution in [0.1, 0.15) is 6.42 Å². The number of amides is 5. The monoisotopic (exact) mass is 372 g/mol. The topological polar surface area (TPSA) is 100.0 Å². The average molecular weight is 372 g/mol. The fourth-order valence-electron chi connectivity index (χ4n) is 3.51. The van der Waals surface area contributed by atoms with E-state index in [1.54, 1.807) is 4.90 Å². The molecule has 1 unspecified atom stereocenters. The van der Waals surface area contributed by atoms with Crippen LogP contribution in [-0.4, -0.2) is 82.6 Å². The van der Waals surface area contributed by atoms with Gasteiger partial charge in [0.2, 0.25) is 0 Å². The van der Waals surface area contributed by atoms with Crippen molar-refractivity contribution in [1.82, 2.24) is 24.9 Å². The predicted octanol–water partition coefficient (Wildman–Crippen LogP) is 0.703. The molecular weight excluding hydrogens is 348 g/mol. The third-order valence-corrected chi connectivity index (χ3v) is 4.54. The van der Waals surface area contributed by atoms with Crippen LogP contribution in [0.4, 0.5) is 9.59 Å². The van der Waals surface area contributed by atoms with Gasteiger partial charge in [-0.2, -0.15) is 5.26 Å². The molecule has 2 fully saturated rings. The van der Waals surface area contributed by atoms with Gasteiger partial charge >= 0.3 is 12.1 Å². The Morgan fingerprint density at radius 3 is 2.48 bits per heavy atom. The summed E-state index contributed by atoms with van der Waals surface area (Å²) in [6, 6.07) is 1.05. The smallest absolute Gasteiger partial charge is 0.330 e. The standard InChI is InChI=1S/C18H24N6O3/c1-4-9-20-16(26)23-14-13-21(12-7-8-19)18(23)15(25)22(10-5-2)17(27)24(18)11-6-3/h4-6H,1-3,7,9-14H2,(H,20,26). The molecule has 2 saturated heterocycles. The minimum Gasteiger partial charge on any atom is -0.334 e. The summed E-state index contributed by atoms with van der Waals surface area (Å²) in [4.78, 5) is 44.5. The second-order valence-corrected chi connectivity index (χ2v) is 6.04. The van der Waals surface area contributed by atoms with Crippen molar-refractivity contribution in [3.05, 3.63) is 38.0 Å². The van der Waals surface area contributed by atoms with Crippen LogP contribution in [0.2, 0.25) is 0 Å². The molecule has 1 spiro atoms. The third kappa shape index (κ3) is 3.19. The highest BCUT2D eigenvalue weighted by atomic mass is 16.2. The van der Waals surface area contributed by atoms with Gasteiger partial charge in [0, 0.05) is 45.7 Å². The highest BCUT2D eigenvalue weighted by Crippen LogP contribution is 2.38. The maximum atomic E-state index is 13.4. The molecule has 2 aliphatic heterocycles. The van der Waals surface area contributed by atoms with E-state index in [1.807, 2.05) is 6.07 Å². The Morgan fingerprint density at radius 1 is 1.19 bits per heavy atom. The minimum absolute atomic E-state index is 0.0290. The van der Waals surface area contributed by atoms with E-state index in [-0.39, 0.29) is 39.1 Å². The summed E-state index contributed by atoms with van der Waals surface area (Å²) < 4.78 is 0. The van der Waals surface area contributed by atoms with Gasteiger partial charge in [-0.15, -0.1) is 19.7 Å². The summed E-state index contributed by atoms with van der Waals surface area (Å²) in [5.41, 5.74) is 0. The Balaban J connectivity index is 2.55. The number of carbonyl (C=O) groups excluding carboxylic acids is 3. The number of nitrogens with one attached hydrogen (secondary N) is 1. The van der Waals surface area contributed by atoms with Crippen LogP contribution in [0.25, 0.3) is 0 Å². The molecule has 0 radical (unpaired) electrons. The lowest BCUT2D eigenvalue weighted by atomic mass is 10.2. The first kappa shape index (κ1) is 20.2. The van der Waals surface area contributed by atoms with Crippen LogP contribution < -0.4 is 5.32 Å². The van der Waals surface area contributed by atoms with Crippen molar-refractivity contribution < 1.29 is 14.4 Å². The van der Waals surface area contributed by atoms with Crippen LogP contribution in [0.15, 0.2) is 38.0 Å². The van der Waals surface area contributed by atoms with Crippen LogP contribution >= 0.6 is 0 Å². The molecule has 0 aromatic carbocycles.